The molecule has 2 heterocycles. The van der Waals surface area contributed by atoms with Gasteiger partial charge < -0.3 is 9.73 Å². The van der Waals surface area contributed by atoms with E-state index in [0.29, 0.717) is 0 Å². The van der Waals surface area contributed by atoms with Crippen LogP contribution >= 0.6 is 11.8 Å². The van der Waals surface area contributed by atoms with Gasteiger partial charge in [0.2, 0.25) is 0 Å². The summed E-state index contributed by atoms with van der Waals surface area (Å²) < 4.78 is 5.48. The number of nitrogens with one attached hydrogen (secondary N) is 1. The lowest BCUT2D eigenvalue weighted by molar-refractivity contribution is 0.275. The van der Waals surface area contributed by atoms with Crippen molar-refractivity contribution in [2.24, 2.45) is 0 Å². The fourth-order valence-electron chi connectivity index (χ4n) is 2.10. The molecular formula is C12H20N2OS. The van der Waals surface area contributed by atoms with Crippen molar-refractivity contribution in [3.8, 4) is 0 Å². The Bertz CT molecular complexity index is 327. The molecule has 1 aliphatic rings. The van der Waals surface area contributed by atoms with Crippen molar-refractivity contribution in [3.63, 3.8) is 0 Å². The molecule has 1 atom stereocenters. The van der Waals surface area contributed by atoms with Gasteiger partial charge in [-0.15, -0.1) is 0 Å². The average molecular weight is 240 g/mol. The minimum absolute atomic E-state index is 0.758. The molecule has 0 aromatic carbocycles. The number of furan rings is 1. The van der Waals surface area contributed by atoms with Crippen LogP contribution < -0.4 is 5.32 Å². The van der Waals surface area contributed by atoms with Crippen molar-refractivity contribution in [1.29, 1.82) is 0 Å². The first-order valence-corrected chi connectivity index (χ1v) is 6.88. The third kappa shape index (κ3) is 3.03. The second-order valence-corrected chi connectivity index (χ2v) is 5.86. The Morgan fingerprint density at radius 1 is 1.62 bits per heavy atom. The molecule has 1 aromatic rings. The summed E-state index contributed by atoms with van der Waals surface area (Å²) in [7, 11) is 1.95. The summed E-state index contributed by atoms with van der Waals surface area (Å²) in [6.45, 7) is 6.54. The fraction of sp³-hybridized carbons (Fsp3) is 0.667. The van der Waals surface area contributed by atoms with E-state index in [0.717, 1.165) is 24.1 Å². The number of rotatable bonds is 4. The molecule has 1 aromatic heterocycles. The predicted molar refractivity (Wildman–Crippen MR) is 68.7 cm³/mol. The monoisotopic (exact) mass is 240 g/mol. The van der Waals surface area contributed by atoms with Gasteiger partial charge in [0.05, 0.1) is 12.8 Å². The van der Waals surface area contributed by atoms with Crippen LogP contribution in [0.4, 0.5) is 0 Å². The fourth-order valence-corrected chi connectivity index (χ4v) is 3.18. The van der Waals surface area contributed by atoms with Gasteiger partial charge in [0.1, 0.15) is 5.76 Å². The smallest absolute Gasteiger partial charge is 0.122 e. The molecule has 0 radical (unpaired) electrons. The molecule has 16 heavy (non-hydrogen) atoms. The van der Waals surface area contributed by atoms with Crippen molar-refractivity contribution < 1.29 is 4.42 Å². The van der Waals surface area contributed by atoms with Crippen LogP contribution in [0.2, 0.25) is 0 Å². The highest BCUT2D eigenvalue weighted by atomic mass is 32.2. The van der Waals surface area contributed by atoms with Gasteiger partial charge in [-0.3, -0.25) is 4.90 Å². The van der Waals surface area contributed by atoms with Crippen molar-refractivity contribution in [1.82, 2.24) is 10.2 Å². The van der Waals surface area contributed by atoms with Crippen LogP contribution in [0.1, 0.15) is 18.2 Å². The molecule has 1 saturated heterocycles. The Hall–Kier alpha value is -0.450. The molecular weight excluding hydrogens is 220 g/mol. The number of nitrogens with zero attached hydrogens (tertiary/aromatic N) is 1. The van der Waals surface area contributed by atoms with Gasteiger partial charge in [0, 0.05) is 36.2 Å². The van der Waals surface area contributed by atoms with Gasteiger partial charge in [0.25, 0.3) is 0 Å². The van der Waals surface area contributed by atoms with Crippen LogP contribution in [0.25, 0.3) is 0 Å². The van der Waals surface area contributed by atoms with Gasteiger partial charge in [-0.05, 0) is 13.1 Å². The maximum atomic E-state index is 5.48. The van der Waals surface area contributed by atoms with Crippen LogP contribution in [0, 0.1) is 0 Å². The molecule has 0 amide bonds. The summed E-state index contributed by atoms with van der Waals surface area (Å²) in [6, 6.07) is 2.10. The highest BCUT2D eigenvalue weighted by molar-refractivity contribution is 7.99. The summed E-state index contributed by atoms with van der Waals surface area (Å²) in [5, 5.41) is 3.90. The summed E-state index contributed by atoms with van der Waals surface area (Å²) in [4.78, 5) is 2.52. The van der Waals surface area contributed by atoms with Crippen LogP contribution in [-0.4, -0.2) is 36.0 Å². The second kappa shape index (κ2) is 5.75. The van der Waals surface area contributed by atoms with E-state index in [9.17, 15) is 0 Å². The Morgan fingerprint density at radius 2 is 2.50 bits per heavy atom. The van der Waals surface area contributed by atoms with E-state index in [2.05, 4.69) is 35.0 Å². The van der Waals surface area contributed by atoms with Crippen molar-refractivity contribution in [2.75, 3.05) is 25.9 Å². The molecule has 2 rings (SSSR count). The quantitative estimate of drug-likeness (QED) is 0.870. The number of hydrogen-bond donors (Lipinski definition) is 1. The zero-order valence-electron chi connectivity index (χ0n) is 10.0. The lowest BCUT2D eigenvalue weighted by Gasteiger charge is -2.30. The maximum Gasteiger partial charge on any atom is 0.122 e. The minimum atomic E-state index is 0.758. The molecule has 1 unspecified atom stereocenters. The number of thioether (sulfide) groups is 1. The lowest BCUT2D eigenvalue weighted by Crippen LogP contribution is -2.36. The Morgan fingerprint density at radius 3 is 3.25 bits per heavy atom. The second-order valence-electron chi connectivity index (χ2n) is 4.32. The first kappa shape index (κ1) is 12.0. The predicted octanol–water partition coefficient (Wildman–Crippen LogP) is 1.94. The molecule has 0 spiro atoms. The van der Waals surface area contributed by atoms with Crippen LogP contribution in [0.5, 0.6) is 0 Å². The van der Waals surface area contributed by atoms with Crippen molar-refractivity contribution in [3.05, 3.63) is 23.7 Å². The maximum absolute atomic E-state index is 5.48. The molecule has 1 fully saturated rings. The third-order valence-corrected chi connectivity index (χ3v) is 4.03. The first-order valence-electron chi connectivity index (χ1n) is 5.83. The molecule has 0 saturated carbocycles. The Kier molecular flexibility index (Phi) is 4.32. The number of hydrogen-bond acceptors (Lipinski definition) is 4. The van der Waals surface area contributed by atoms with Crippen molar-refractivity contribution >= 4 is 11.8 Å². The molecule has 4 heteroatoms. The summed E-state index contributed by atoms with van der Waals surface area (Å²) in [6.07, 6.45) is 1.80. The molecule has 1 N–H and O–H groups in total. The summed E-state index contributed by atoms with van der Waals surface area (Å²) in [5.41, 5.74) is 1.33. The minimum Gasteiger partial charge on any atom is -0.468 e. The van der Waals surface area contributed by atoms with Crippen LogP contribution in [0.15, 0.2) is 16.7 Å². The normalized spacial score (nSPS) is 22.5. The van der Waals surface area contributed by atoms with E-state index < -0.39 is 0 Å². The third-order valence-electron chi connectivity index (χ3n) is 2.89. The standard InChI is InChI=1S/C12H20N2OS/c1-10-8-14(4-6-16-10)9-11-3-5-15-12(11)7-13-2/h3,5,10,13H,4,6-9H2,1-2H3. The van der Waals surface area contributed by atoms with E-state index in [1.165, 1.54) is 24.4 Å². The van der Waals surface area contributed by atoms with E-state index in [1.807, 2.05) is 7.05 Å². The SMILES string of the molecule is CNCc1occc1CN1CCSC(C)C1. The van der Waals surface area contributed by atoms with E-state index in [-0.39, 0.29) is 0 Å². The van der Waals surface area contributed by atoms with E-state index in [1.54, 1.807) is 6.26 Å². The molecule has 0 aliphatic carbocycles. The topological polar surface area (TPSA) is 28.4 Å². The highest BCUT2D eigenvalue weighted by Crippen LogP contribution is 2.21. The largest absolute Gasteiger partial charge is 0.468 e. The van der Waals surface area contributed by atoms with Crippen molar-refractivity contribution in [2.45, 2.75) is 25.3 Å². The van der Waals surface area contributed by atoms with Gasteiger partial charge in [-0.1, -0.05) is 6.92 Å². The zero-order valence-corrected chi connectivity index (χ0v) is 10.8. The van der Waals surface area contributed by atoms with Gasteiger partial charge >= 0.3 is 0 Å². The first-order chi connectivity index (χ1) is 7.79. The Labute approximate surface area is 102 Å². The molecule has 1 aliphatic heterocycles. The Balaban J connectivity index is 1.94. The molecule has 3 nitrogen and oxygen atoms in total. The van der Waals surface area contributed by atoms with E-state index >= 15 is 0 Å². The van der Waals surface area contributed by atoms with Gasteiger partial charge in [-0.2, -0.15) is 11.8 Å². The van der Waals surface area contributed by atoms with Gasteiger partial charge in [-0.25, -0.2) is 0 Å². The van der Waals surface area contributed by atoms with Crippen LogP contribution in [0.3, 0.4) is 0 Å². The summed E-state index contributed by atoms with van der Waals surface area (Å²) in [5.74, 6) is 2.33. The molecule has 90 valence electrons. The zero-order chi connectivity index (χ0) is 11.4. The summed E-state index contributed by atoms with van der Waals surface area (Å²) >= 11 is 2.07. The molecule has 0 bridgehead atoms. The lowest BCUT2D eigenvalue weighted by atomic mass is 10.2. The van der Waals surface area contributed by atoms with Gasteiger partial charge in [0.15, 0.2) is 0 Å². The average Bonchev–Trinajstić information content (AvgIpc) is 2.66. The highest BCUT2D eigenvalue weighted by Gasteiger charge is 2.18. The van der Waals surface area contributed by atoms with Crippen LogP contribution in [-0.2, 0) is 13.1 Å². The van der Waals surface area contributed by atoms with E-state index in [4.69, 9.17) is 4.42 Å².